The van der Waals surface area contributed by atoms with Crippen molar-refractivity contribution >= 4 is 24.2 Å². The first-order valence-electron chi connectivity index (χ1n) is 7.80. The third-order valence-electron chi connectivity index (χ3n) is 4.26. The molecule has 1 aliphatic rings. The van der Waals surface area contributed by atoms with Crippen LogP contribution in [0.4, 0.5) is 4.39 Å². The molecule has 0 spiro atoms. The summed E-state index contributed by atoms with van der Waals surface area (Å²) in [4.78, 5) is 3.44. The minimum Gasteiger partial charge on any atom is -0.309 e. The van der Waals surface area contributed by atoms with Gasteiger partial charge in [-0.05, 0) is 68.4 Å². The number of fused-ring (bicyclic) bond motifs is 2. The molecule has 1 nitrogen and oxygen atoms in total. The van der Waals surface area contributed by atoms with Gasteiger partial charge >= 0.3 is 0 Å². The van der Waals surface area contributed by atoms with Crippen LogP contribution in [-0.2, 0) is 5.75 Å². The molecule has 2 aromatic carbocycles. The molecule has 0 saturated heterocycles. The van der Waals surface area contributed by atoms with Crippen LogP contribution in [-0.4, -0.2) is 25.5 Å². The van der Waals surface area contributed by atoms with Crippen molar-refractivity contribution < 1.29 is 4.39 Å². The van der Waals surface area contributed by atoms with Gasteiger partial charge in [0.2, 0.25) is 0 Å². The molecule has 2 aromatic rings. The summed E-state index contributed by atoms with van der Waals surface area (Å²) in [5.41, 5.74) is 3.92. The monoisotopic (exact) mass is 351 g/mol. The zero-order chi connectivity index (χ0) is 15.5. The zero-order valence-electron chi connectivity index (χ0n) is 13.6. The molecule has 1 aliphatic heterocycles. The Balaban J connectivity index is 0.00000192. The van der Waals surface area contributed by atoms with Crippen molar-refractivity contribution in [3.05, 3.63) is 65.0 Å². The van der Waals surface area contributed by atoms with E-state index in [0.29, 0.717) is 5.92 Å². The topological polar surface area (TPSA) is 3.24 Å². The van der Waals surface area contributed by atoms with E-state index in [-0.39, 0.29) is 18.2 Å². The number of hydrogen-bond acceptors (Lipinski definition) is 2. The van der Waals surface area contributed by atoms with Crippen molar-refractivity contribution in [2.24, 2.45) is 0 Å². The minimum atomic E-state index is -0.128. The fourth-order valence-electron chi connectivity index (χ4n) is 3.17. The highest BCUT2D eigenvalue weighted by molar-refractivity contribution is 7.98. The fourth-order valence-corrected chi connectivity index (χ4v) is 4.28. The first kappa shape index (κ1) is 18.3. The maximum absolute atomic E-state index is 13.8. The van der Waals surface area contributed by atoms with Crippen molar-refractivity contribution in [1.82, 2.24) is 4.90 Å². The first-order chi connectivity index (χ1) is 10.6. The quantitative estimate of drug-likeness (QED) is 0.732. The van der Waals surface area contributed by atoms with E-state index < -0.39 is 0 Å². The van der Waals surface area contributed by atoms with Gasteiger partial charge in [-0.3, -0.25) is 0 Å². The van der Waals surface area contributed by atoms with Gasteiger partial charge in [-0.2, -0.15) is 0 Å². The molecular weight excluding hydrogens is 329 g/mol. The molecule has 1 atom stereocenters. The SMILES string of the molecule is CN(C)CCCC1c2ccccc2CSc2ccc(F)cc21.Cl. The van der Waals surface area contributed by atoms with Gasteiger partial charge in [0.15, 0.2) is 0 Å². The number of halogens is 2. The molecule has 4 heteroatoms. The Hall–Kier alpha value is -1.03. The average Bonchev–Trinajstić information content (AvgIpc) is 2.65. The second kappa shape index (κ2) is 8.18. The van der Waals surface area contributed by atoms with Gasteiger partial charge in [-0.15, -0.1) is 24.2 Å². The van der Waals surface area contributed by atoms with Crippen LogP contribution in [0.5, 0.6) is 0 Å². The van der Waals surface area contributed by atoms with Crippen LogP contribution in [0.1, 0.15) is 35.4 Å². The third-order valence-corrected chi connectivity index (χ3v) is 5.40. The molecule has 0 bridgehead atoms. The standard InChI is InChI=1S/C19H22FNS.ClH/c1-21(2)11-5-8-17-16-7-4-3-6-14(16)13-22-19-10-9-15(20)12-18(17)19;/h3-4,6-7,9-10,12,17H,5,8,11,13H2,1-2H3;1H. The largest absolute Gasteiger partial charge is 0.309 e. The Labute approximate surface area is 148 Å². The molecule has 0 aliphatic carbocycles. The Morgan fingerprint density at radius 1 is 1.13 bits per heavy atom. The highest BCUT2D eigenvalue weighted by atomic mass is 35.5. The van der Waals surface area contributed by atoms with Crippen molar-refractivity contribution in [1.29, 1.82) is 0 Å². The number of benzene rings is 2. The summed E-state index contributed by atoms with van der Waals surface area (Å²) in [6, 6.07) is 13.9. The molecule has 23 heavy (non-hydrogen) atoms. The van der Waals surface area contributed by atoms with Crippen molar-refractivity contribution in [3.63, 3.8) is 0 Å². The van der Waals surface area contributed by atoms with Gasteiger partial charge in [0.05, 0.1) is 0 Å². The van der Waals surface area contributed by atoms with Crippen LogP contribution in [0.15, 0.2) is 47.4 Å². The summed E-state index contributed by atoms with van der Waals surface area (Å²) in [7, 11) is 4.20. The van der Waals surface area contributed by atoms with Crippen molar-refractivity contribution in [2.75, 3.05) is 20.6 Å². The lowest BCUT2D eigenvalue weighted by atomic mass is 9.85. The highest BCUT2D eigenvalue weighted by Crippen LogP contribution is 2.42. The van der Waals surface area contributed by atoms with Gasteiger partial charge in [0, 0.05) is 16.6 Å². The van der Waals surface area contributed by atoms with E-state index in [2.05, 4.69) is 43.3 Å². The normalized spacial score (nSPS) is 16.3. The maximum Gasteiger partial charge on any atom is 0.123 e. The van der Waals surface area contributed by atoms with Crippen molar-refractivity contribution in [3.8, 4) is 0 Å². The summed E-state index contributed by atoms with van der Waals surface area (Å²) in [5, 5.41) is 0. The van der Waals surface area contributed by atoms with Crippen LogP contribution in [0.25, 0.3) is 0 Å². The lowest BCUT2D eigenvalue weighted by Gasteiger charge is -2.21. The predicted octanol–water partition coefficient (Wildman–Crippen LogP) is 5.33. The summed E-state index contributed by atoms with van der Waals surface area (Å²) in [6.07, 6.45) is 2.18. The number of nitrogens with zero attached hydrogens (tertiary/aromatic N) is 1. The molecule has 1 heterocycles. The summed E-state index contributed by atoms with van der Waals surface area (Å²) < 4.78 is 13.8. The predicted molar refractivity (Wildman–Crippen MR) is 99.3 cm³/mol. The Kier molecular flexibility index (Phi) is 6.51. The van der Waals surface area contributed by atoms with E-state index in [1.807, 2.05) is 17.8 Å². The van der Waals surface area contributed by atoms with E-state index in [9.17, 15) is 4.39 Å². The van der Waals surface area contributed by atoms with Gasteiger partial charge in [0.1, 0.15) is 5.82 Å². The average molecular weight is 352 g/mol. The molecule has 0 amide bonds. The second-order valence-electron chi connectivity index (χ2n) is 6.17. The molecule has 124 valence electrons. The Morgan fingerprint density at radius 3 is 2.70 bits per heavy atom. The third kappa shape index (κ3) is 4.28. The first-order valence-corrected chi connectivity index (χ1v) is 8.78. The van der Waals surface area contributed by atoms with Crippen LogP contribution in [0.3, 0.4) is 0 Å². The molecule has 3 rings (SSSR count). The molecule has 0 fully saturated rings. The number of hydrogen-bond donors (Lipinski definition) is 0. The van der Waals surface area contributed by atoms with Crippen LogP contribution >= 0.6 is 24.2 Å². The second-order valence-corrected chi connectivity index (χ2v) is 7.18. The highest BCUT2D eigenvalue weighted by Gasteiger charge is 2.24. The lowest BCUT2D eigenvalue weighted by Crippen LogP contribution is -2.14. The molecule has 0 aromatic heterocycles. The van der Waals surface area contributed by atoms with Crippen LogP contribution in [0, 0.1) is 5.82 Å². The van der Waals surface area contributed by atoms with Gasteiger partial charge < -0.3 is 4.90 Å². The summed E-state index contributed by atoms with van der Waals surface area (Å²) >= 11 is 1.83. The van der Waals surface area contributed by atoms with Gasteiger partial charge in [-0.25, -0.2) is 4.39 Å². The fraction of sp³-hybridized carbons (Fsp3) is 0.368. The van der Waals surface area contributed by atoms with E-state index in [0.717, 1.165) is 30.7 Å². The van der Waals surface area contributed by atoms with E-state index >= 15 is 0 Å². The maximum atomic E-state index is 13.8. The smallest absolute Gasteiger partial charge is 0.123 e. The molecule has 1 unspecified atom stereocenters. The molecular formula is C19H23ClFNS. The van der Waals surface area contributed by atoms with Crippen LogP contribution in [0.2, 0.25) is 0 Å². The van der Waals surface area contributed by atoms with Crippen molar-refractivity contribution in [2.45, 2.75) is 29.4 Å². The summed E-state index contributed by atoms with van der Waals surface area (Å²) in [5.74, 6) is 1.15. The zero-order valence-corrected chi connectivity index (χ0v) is 15.2. The van der Waals surface area contributed by atoms with Crippen LogP contribution < -0.4 is 0 Å². The van der Waals surface area contributed by atoms with Gasteiger partial charge in [0.25, 0.3) is 0 Å². The molecule has 0 N–H and O–H groups in total. The molecule has 0 saturated carbocycles. The lowest BCUT2D eigenvalue weighted by molar-refractivity contribution is 0.389. The Bertz CT molecular complexity index is 660. The van der Waals surface area contributed by atoms with Gasteiger partial charge in [-0.1, -0.05) is 24.3 Å². The minimum absolute atomic E-state index is 0. The molecule has 0 radical (unpaired) electrons. The number of rotatable bonds is 4. The number of thioether (sulfide) groups is 1. The summed E-state index contributed by atoms with van der Waals surface area (Å²) in [6.45, 7) is 1.07. The van der Waals surface area contributed by atoms with E-state index in [1.54, 1.807) is 12.1 Å². The Morgan fingerprint density at radius 2 is 1.91 bits per heavy atom. The van der Waals surface area contributed by atoms with E-state index in [4.69, 9.17) is 0 Å². The van der Waals surface area contributed by atoms with E-state index in [1.165, 1.54) is 16.0 Å².